The lowest BCUT2D eigenvalue weighted by Crippen LogP contribution is -2.27. The minimum Gasteiger partial charge on any atom is -0.493 e. The molecule has 1 N–H and O–H groups in total. The van der Waals surface area contributed by atoms with Gasteiger partial charge in [0.25, 0.3) is 5.91 Å². The minimum atomic E-state index is -0.290. The number of aromatic nitrogens is 2. The fraction of sp³-hybridized carbons (Fsp3) is 0.474. The summed E-state index contributed by atoms with van der Waals surface area (Å²) in [7, 11) is 1.51. The molecule has 1 amide bonds. The largest absolute Gasteiger partial charge is 0.493 e. The zero-order chi connectivity index (χ0) is 19.8. The van der Waals surface area contributed by atoms with Gasteiger partial charge in [0, 0.05) is 18.3 Å². The molecule has 0 saturated heterocycles. The van der Waals surface area contributed by atoms with Gasteiger partial charge in [0.05, 0.1) is 37.2 Å². The number of carbonyl (C=O) groups excluding carboxylic acids is 1. The summed E-state index contributed by atoms with van der Waals surface area (Å²) in [5, 5.41) is 7.46. The molecule has 2 aromatic rings. The van der Waals surface area contributed by atoms with Crippen molar-refractivity contribution in [3.05, 3.63) is 35.1 Å². The quantitative estimate of drug-likeness (QED) is 0.667. The molecule has 148 valence electrons. The van der Waals surface area contributed by atoms with E-state index in [1.807, 2.05) is 17.8 Å². The Hall–Kier alpha value is -2.25. The second-order valence-corrected chi connectivity index (χ2v) is 6.30. The highest BCUT2D eigenvalue weighted by atomic mass is 35.5. The van der Waals surface area contributed by atoms with Crippen LogP contribution in [0.1, 0.15) is 31.1 Å². The number of hydrogen-bond donors (Lipinski definition) is 1. The fourth-order valence-corrected chi connectivity index (χ4v) is 2.94. The van der Waals surface area contributed by atoms with Crippen LogP contribution in [-0.2, 0) is 6.54 Å². The Kier molecular flexibility index (Phi) is 7.94. The van der Waals surface area contributed by atoms with Crippen LogP contribution in [0, 0.1) is 0 Å². The topological polar surface area (TPSA) is 68.6 Å². The molecule has 0 aliphatic rings. The molecule has 2 rings (SSSR count). The van der Waals surface area contributed by atoms with E-state index < -0.39 is 0 Å². The van der Waals surface area contributed by atoms with Crippen molar-refractivity contribution in [2.45, 2.75) is 27.3 Å². The van der Waals surface area contributed by atoms with Crippen LogP contribution < -0.4 is 14.8 Å². The Bertz CT molecular complexity index is 759. The van der Waals surface area contributed by atoms with Gasteiger partial charge in [0.2, 0.25) is 0 Å². The molecule has 1 aromatic heterocycles. The number of nitrogens with one attached hydrogen (secondary N) is 1. The molecule has 0 fully saturated rings. The van der Waals surface area contributed by atoms with Gasteiger partial charge in [-0.2, -0.15) is 5.10 Å². The Balaban J connectivity index is 2.06. The molecule has 0 saturated carbocycles. The van der Waals surface area contributed by atoms with E-state index in [-0.39, 0.29) is 5.91 Å². The van der Waals surface area contributed by atoms with Crippen molar-refractivity contribution in [2.75, 3.05) is 38.7 Å². The summed E-state index contributed by atoms with van der Waals surface area (Å²) in [6.07, 6.45) is 3.45. The first-order valence-electron chi connectivity index (χ1n) is 9.08. The number of hydrogen-bond acceptors (Lipinski definition) is 5. The SMILES string of the molecule is CCOc1c(Cl)cc(C(=O)Nc2cnn(CCN(CC)CC)c2)cc1OC. The number of ether oxygens (including phenoxy) is 2. The first kappa shape index (κ1) is 21.1. The van der Waals surface area contributed by atoms with E-state index in [1.54, 1.807) is 18.3 Å². The molecule has 27 heavy (non-hydrogen) atoms. The maximum atomic E-state index is 12.6. The molecule has 8 heteroatoms. The Morgan fingerprint density at radius 3 is 2.67 bits per heavy atom. The standard InChI is InChI=1S/C19H27ClN4O3/c1-5-23(6-2)8-9-24-13-15(12-21-24)22-19(25)14-10-16(20)18(27-7-3)17(11-14)26-4/h10-13H,5-9H2,1-4H3,(H,22,25). The van der Waals surface area contributed by atoms with Crippen molar-refractivity contribution in [1.82, 2.24) is 14.7 Å². The van der Waals surface area contributed by atoms with Crippen LogP contribution >= 0.6 is 11.6 Å². The van der Waals surface area contributed by atoms with Gasteiger partial charge in [-0.25, -0.2) is 0 Å². The van der Waals surface area contributed by atoms with Gasteiger partial charge in [0.15, 0.2) is 11.5 Å². The number of halogens is 1. The summed E-state index contributed by atoms with van der Waals surface area (Å²) in [5.74, 6) is 0.563. The Labute approximate surface area is 165 Å². The molecule has 0 unspecified atom stereocenters. The van der Waals surface area contributed by atoms with Gasteiger partial charge in [-0.3, -0.25) is 9.48 Å². The second kappa shape index (κ2) is 10.2. The predicted molar refractivity (Wildman–Crippen MR) is 107 cm³/mol. The van der Waals surface area contributed by atoms with Crippen LogP contribution in [-0.4, -0.2) is 53.9 Å². The number of carbonyl (C=O) groups is 1. The molecule has 0 aliphatic carbocycles. The van der Waals surface area contributed by atoms with Crippen molar-refractivity contribution < 1.29 is 14.3 Å². The maximum absolute atomic E-state index is 12.6. The third-order valence-electron chi connectivity index (χ3n) is 4.21. The Morgan fingerprint density at radius 2 is 2.04 bits per heavy atom. The van der Waals surface area contributed by atoms with Gasteiger partial charge in [-0.15, -0.1) is 0 Å². The summed E-state index contributed by atoms with van der Waals surface area (Å²) in [6, 6.07) is 3.17. The summed E-state index contributed by atoms with van der Waals surface area (Å²) < 4.78 is 12.6. The van der Waals surface area contributed by atoms with Crippen molar-refractivity contribution >= 4 is 23.2 Å². The summed E-state index contributed by atoms with van der Waals surface area (Å²) >= 11 is 6.24. The monoisotopic (exact) mass is 394 g/mol. The summed E-state index contributed by atoms with van der Waals surface area (Å²) in [4.78, 5) is 14.9. The average Bonchev–Trinajstić information content (AvgIpc) is 3.11. The van der Waals surface area contributed by atoms with E-state index in [4.69, 9.17) is 21.1 Å². The van der Waals surface area contributed by atoms with E-state index in [0.29, 0.717) is 34.4 Å². The van der Waals surface area contributed by atoms with Crippen molar-refractivity contribution in [1.29, 1.82) is 0 Å². The van der Waals surface area contributed by atoms with Crippen LogP contribution in [0.4, 0.5) is 5.69 Å². The number of rotatable bonds is 10. The minimum absolute atomic E-state index is 0.290. The number of amides is 1. The Morgan fingerprint density at radius 1 is 1.30 bits per heavy atom. The first-order chi connectivity index (χ1) is 13.0. The lowest BCUT2D eigenvalue weighted by molar-refractivity contribution is 0.102. The molecule has 1 aromatic carbocycles. The van der Waals surface area contributed by atoms with Crippen molar-refractivity contribution in [3.63, 3.8) is 0 Å². The van der Waals surface area contributed by atoms with Crippen LogP contribution in [0.25, 0.3) is 0 Å². The smallest absolute Gasteiger partial charge is 0.255 e. The molecule has 0 radical (unpaired) electrons. The van der Waals surface area contributed by atoms with Gasteiger partial charge in [-0.05, 0) is 32.1 Å². The van der Waals surface area contributed by atoms with E-state index in [1.165, 1.54) is 7.11 Å². The molecular formula is C19H27ClN4O3. The lowest BCUT2D eigenvalue weighted by Gasteiger charge is -2.17. The third kappa shape index (κ3) is 5.61. The van der Waals surface area contributed by atoms with Crippen LogP contribution in [0.3, 0.4) is 0 Å². The number of nitrogens with zero attached hydrogens (tertiary/aromatic N) is 3. The van der Waals surface area contributed by atoms with Crippen molar-refractivity contribution in [2.24, 2.45) is 0 Å². The van der Waals surface area contributed by atoms with Crippen molar-refractivity contribution in [3.8, 4) is 11.5 Å². The zero-order valence-electron chi connectivity index (χ0n) is 16.3. The number of methoxy groups -OCH3 is 1. The zero-order valence-corrected chi connectivity index (χ0v) is 17.0. The predicted octanol–water partition coefficient (Wildman–Crippen LogP) is 3.54. The molecule has 0 bridgehead atoms. The highest BCUT2D eigenvalue weighted by molar-refractivity contribution is 6.32. The van der Waals surface area contributed by atoms with E-state index in [2.05, 4.69) is 29.2 Å². The van der Waals surface area contributed by atoms with Crippen LogP contribution in [0.2, 0.25) is 5.02 Å². The first-order valence-corrected chi connectivity index (χ1v) is 9.46. The van der Waals surface area contributed by atoms with Crippen LogP contribution in [0.15, 0.2) is 24.5 Å². The number of likely N-dealkylation sites (N-methyl/N-ethyl adjacent to an activating group) is 1. The number of benzene rings is 1. The lowest BCUT2D eigenvalue weighted by atomic mass is 10.2. The van der Waals surface area contributed by atoms with Gasteiger partial charge in [-0.1, -0.05) is 25.4 Å². The molecule has 7 nitrogen and oxygen atoms in total. The van der Waals surface area contributed by atoms with Gasteiger partial charge < -0.3 is 19.7 Å². The van der Waals surface area contributed by atoms with E-state index in [9.17, 15) is 4.79 Å². The fourth-order valence-electron chi connectivity index (χ4n) is 2.67. The van der Waals surface area contributed by atoms with Gasteiger partial charge in [0.1, 0.15) is 0 Å². The average molecular weight is 395 g/mol. The van der Waals surface area contributed by atoms with E-state index in [0.717, 1.165) is 26.2 Å². The van der Waals surface area contributed by atoms with Crippen LogP contribution in [0.5, 0.6) is 11.5 Å². The maximum Gasteiger partial charge on any atom is 0.255 e. The second-order valence-electron chi connectivity index (χ2n) is 5.90. The molecule has 1 heterocycles. The normalized spacial score (nSPS) is 10.9. The number of anilines is 1. The van der Waals surface area contributed by atoms with E-state index >= 15 is 0 Å². The third-order valence-corrected chi connectivity index (χ3v) is 4.49. The summed E-state index contributed by atoms with van der Waals surface area (Å²) in [5.41, 5.74) is 1.01. The highest BCUT2D eigenvalue weighted by Crippen LogP contribution is 2.36. The van der Waals surface area contributed by atoms with Gasteiger partial charge >= 0.3 is 0 Å². The molecule has 0 atom stereocenters. The molecule has 0 spiro atoms. The summed E-state index contributed by atoms with van der Waals surface area (Å²) in [6.45, 7) is 10.3. The highest BCUT2D eigenvalue weighted by Gasteiger charge is 2.16. The molecule has 0 aliphatic heterocycles. The molecular weight excluding hydrogens is 368 g/mol.